The molecule has 0 aliphatic heterocycles. The molecule has 108 valence electrons. The van der Waals surface area contributed by atoms with Crippen molar-refractivity contribution in [2.24, 2.45) is 0 Å². The highest BCUT2D eigenvalue weighted by molar-refractivity contribution is 7.09. The van der Waals surface area contributed by atoms with E-state index in [0.29, 0.717) is 6.54 Å². The molecule has 0 amide bonds. The van der Waals surface area contributed by atoms with Crippen molar-refractivity contribution in [2.75, 3.05) is 26.2 Å². The van der Waals surface area contributed by atoms with Crippen molar-refractivity contribution in [3.8, 4) is 11.5 Å². The second kappa shape index (κ2) is 6.56. The van der Waals surface area contributed by atoms with E-state index < -0.39 is 0 Å². The Morgan fingerprint density at radius 3 is 2.65 bits per heavy atom. The summed E-state index contributed by atoms with van der Waals surface area (Å²) in [7, 11) is 5.32. The minimum atomic E-state index is 0.714. The number of hydrogen-bond acceptors (Lipinski definition) is 6. The topological polar surface area (TPSA) is 47.5 Å². The molecule has 0 radical (unpaired) electrons. The third-order valence-corrected chi connectivity index (χ3v) is 3.87. The SMILES string of the molecule is CCc1nsc(N(C)Cc2ccc(OC)cc2OC)n1. The summed E-state index contributed by atoms with van der Waals surface area (Å²) >= 11 is 1.42. The maximum atomic E-state index is 5.41. The minimum Gasteiger partial charge on any atom is -0.497 e. The lowest BCUT2D eigenvalue weighted by molar-refractivity contribution is 0.391. The lowest BCUT2D eigenvalue weighted by Gasteiger charge is -2.17. The second-order valence-corrected chi connectivity index (χ2v) is 5.11. The van der Waals surface area contributed by atoms with Crippen LogP contribution >= 0.6 is 11.5 Å². The van der Waals surface area contributed by atoms with Crippen molar-refractivity contribution in [3.63, 3.8) is 0 Å². The van der Waals surface area contributed by atoms with E-state index in [1.54, 1.807) is 14.2 Å². The van der Waals surface area contributed by atoms with E-state index in [2.05, 4.69) is 21.2 Å². The zero-order valence-electron chi connectivity index (χ0n) is 12.2. The highest BCUT2D eigenvalue weighted by Gasteiger charge is 2.12. The van der Waals surface area contributed by atoms with Gasteiger partial charge in [-0.25, -0.2) is 4.98 Å². The summed E-state index contributed by atoms with van der Waals surface area (Å²) in [5.41, 5.74) is 1.09. The van der Waals surface area contributed by atoms with E-state index in [0.717, 1.165) is 34.4 Å². The Bertz CT molecular complexity index is 571. The van der Waals surface area contributed by atoms with Gasteiger partial charge >= 0.3 is 0 Å². The molecule has 0 bridgehead atoms. The molecule has 0 aliphatic rings. The molecule has 5 nitrogen and oxygen atoms in total. The van der Waals surface area contributed by atoms with Gasteiger partial charge in [-0.2, -0.15) is 4.37 Å². The van der Waals surface area contributed by atoms with Crippen LogP contribution in [0.25, 0.3) is 0 Å². The molecule has 0 saturated heterocycles. The maximum Gasteiger partial charge on any atom is 0.205 e. The summed E-state index contributed by atoms with van der Waals surface area (Å²) in [6.07, 6.45) is 0.857. The molecular formula is C14H19N3O2S. The molecule has 1 aromatic carbocycles. The van der Waals surface area contributed by atoms with Crippen molar-refractivity contribution >= 4 is 16.7 Å². The third kappa shape index (κ3) is 3.19. The molecule has 2 aromatic rings. The molecular weight excluding hydrogens is 274 g/mol. The number of rotatable bonds is 6. The predicted molar refractivity (Wildman–Crippen MR) is 80.9 cm³/mol. The summed E-state index contributed by atoms with van der Waals surface area (Å²) in [6, 6.07) is 5.83. The van der Waals surface area contributed by atoms with E-state index in [1.807, 2.05) is 25.2 Å². The van der Waals surface area contributed by atoms with Crippen molar-refractivity contribution in [2.45, 2.75) is 19.9 Å². The number of anilines is 1. The summed E-state index contributed by atoms with van der Waals surface area (Å²) in [4.78, 5) is 6.55. The van der Waals surface area contributed by atoms with Crippen LogP contribution in [-0.2, 0) is 13.0 Å². The first-order chi connectivity index (χ1) is 9.67. The van der Waals surface area contributed by atoms with Gasteiger partial charge in [0.25, 0.3) is 0 Å². The van der Waals surface area contributed by atoms with Crippen molar-refractivity contribution in [1.82, 2.24) is 9.36 Å². The molecule has 20 heavy (non-hydrogen) atoms. The van der Waals surface area contributed by atoms with Gasteiger partial charge in [0.05, 0.1) is 14.2 Å². The summed E-state index contributed by atoms with van der Waals surface area (Å²) < 4.78 is 14.9. The Morgan fingerprint density at radius 2 is 2.05 bits per heavy atom. The number of aryl methyl sites for hydroxylation is 1. The Labute approximate surface area is 123 Å². The quantitative estimate of drug-likeness (QED) is 0.819. The Morgan fingerprint density at radius 1 is 1.25 bits per heavy atom. The van der Waals surface area contributed by atoms with Gasteiger partial charge in [0.2, 0.25) is 5.13 Å². The molecule has 6 heteroatoms. The van der Waals surface area contributed by atoms with Crippen LogP contribution < -0.4 is 14.4 Å². The van der Waals surface area contributed by atoms with Crippen LogP contribution in [0.4, 0.5) is 5.13 Å². The molecule has 1 heterocycles. The van der Waals surface area contributed by atoms with Crippen LogP contribution in [0.3, 0.4) is 0 Å². The van der Waals surface area contributed by atoms with E-state index in [-0.39, 0.29) is 0 Å². The van der Waals surface area contributed by atoms with Crippen LogP contribution in [0.15, 0.2) is 18.2 Å². The van der Waals surface area contributed by atoms with E-state index >= 15 is 0 Å². The number of aromatic nitrogens is 2. The zero-order chi connectivity index (χ0) is 14.5. The average Bonchev–Trinajstić information content (AvgIpc) is 2.96. The van der Waals surface area contributed by atoms with Gasteiger partial charge < -0.3 is 14.4 Å². The van der Waals surface area contributed by atoms with Crippen molar-refractivity contribution in [1.29, 1.82) is 0 Å². The number of hydrogen-bond donors (Lipinski definition) is 0. The molecule has 0 fully saturated rings. The average molecular weight is 293 g/mol. The smallest absolute Gasteiger partial charge is 0.205 e. The Hall–Kier alpha value is -1.82. The number of ether oxygens (including phenoxy) is 2. The standard InChI is InChI=1S/C14H19N3O2S/c1-5-13-15-14(20-16-13)17(2)9-10-6-7-11(18-3)8-12(10)19-4/h6-8H,5,9H2,1-4H3. The normalized spacial score (nSPS) is 10.4. The Kier molecular flexibility index (Phi) is 4.79. The first-order valence-corrected chi connectivity index (χ1v) is 7.19. The lowest BCUT2D eigenvalue weighted by Crippen LogP contribution is -2.16. The molecule has 0 saturated carbocycles. The fourth-order valence-electron chi connectivity index (χ4n) is 1.85. The summed E-state index contributed by atoms with van der Waals surface area (Å²) in [6.45, 7) is 2.77. The van der Waals surface area contributed by atoms with Gasteiger partial charge in [-0.1, -0.05) is 6.92 Å². The minimum absolute atomic E-state index is 0.714. The fraction of sp³-hybridized carbons (Fsp3) is 0.429. The highest BCUT2D eigenvalue weighted by atomic mass is 32.1. The fourth-order valence-corrected chi connectivity index (χ4v) is 2.56. The molecule has 1 aromatic heterocycles. The Balaban J connectivity index is 2.16. The van der Waals surface area contributed by atoms with Crippen molar-refractivity contribution in [3.05, 3.63) is 29.6 Å². The number of methoxy groups -OCH3 is 2. The van der Waals surface area contributed by atoms with Crippen LogP contribution in [0.5, 0.6) is 11.5 Å². The monoisotopic (exact) mass is 293 g/mol. The molecule has 2 rings (SSSR count). The van der Waals surface area contributed by atoms with Crippen LogP contribution in [-0.4, -0.2) is 30.6 Å². The van der Waals surface area contributed by atoms with E-state index in [4.69, 9.17) is 9.47 Å². The third-order valence-electron chi connectivity index (χ3n) is 3.00. The van der Waals surface area contributed by atoms with Crippen LogP contribution in [0.1, 0.15) is 18.3 Å². The van der Waals surface area contributed by atoms with E-state index in [1.165, 1.54) is 11.5 Å². The zero-order valence-corrected chi connectivity index (χ0v) is 13.0. The molecule has 0 unspecified atom stereocenters. The molecule has 0 N–H and O–H groups in total. The summed E-state index contributed by atoms with van der Waals surface area (Å²) in [5.74, 6) is 2.49. The second-order valence-electron chi connectivity index (χ2n) is 4.38. The van der Waals surface area contributed by atoms with Crippen LogP contribution in [0, 0.1) is 0 Å². The van der Waals surface area contributed by atoms with Gasteiger partial charge in [-0.3, -0.25) is 0 Å². The number of nitrogens with zero attached hydrogens (tertiary/aromatic N) is 3. The van der Waals surface area contributed by atoms with Gasteiger partial charge in [0.1, 0.15) is 17.3 Å². The summed E-state index contributed by atoms with van der Waals surface area (Å²) in [5, 5.41) is 0.916. The van der Waals surface area contributed by atoms with Crippen molar-refractivity contribution < 1.29 is 9.47 Å². The molecule has 0 spiro atoms. The first kappa shape index (κ1) is 14.6. The molecule has 0 atom stereocenters. The van der Waals surface area contributed by atoms with E-state index in [9.17, 15) is 0 Å². The highest BCUT2D eigenvalue weighted by Crippen LogP contribution is 2.27. The largest absolute Gasteiger partial charge is 0.497 e. The maximum absolute atomic E-state index is 5.41. The van der Waals surface area contributed by atoms with Gasteiger partial charge in [-0.05, 0) is 12.1 Å². The van der Waals surface area contributed by atoms with Gasteiger partial charge in [0, 0.05) is 43.2 Å². The predicted octanol–water partition coefficient (Wildman–Crippen LogP) is 2.75. The molecule has 0 aliphatic carbocycles. The number of benzene rings is 1. The van der Waals surface area contributed by atoms with Gasteiger partial charge in [-0.15, -0.1) is 0 Å². The van der Waals surface area contributed by atoms with Crippen LogP contribution in [0.2, 0.25) is 0 Å². The van der Waals surface area contributed by atoms with Gasteiger partial charge in [0.15, 0.2) is 0 Å². The first-order valence-electron chi connectivity index (χ1n) is 6.42. The lowest BCUT2D eigenvalue weighted by atomic mass is 10.2.